The van der Waals surface area contributed by atoms with Gasteiger partial charge in [0.1, 0.15) is 10.6 Å². The molecule has 1 aliphatic carbocycles. The summed E-state index contributed by atoms with van der Waals surface area (Å²) in [4.78, 5) is 13.1. The van der Waals surface area contributed by atoms with Gasteiger partial charge in [0.15, 0.2) is 0 Å². The minimum atomic E-state index is 0.103. The van der Waals surface area contributed by atoms with E-state index in [1.54, 1.807) is 11.3 Å². The number of aliphatic hydroxyl groups is 1. The number of aliphatic hydroxyl groups excluding tert-OH is 1. The van der Waals surface area contributed by atoms with Gasteiger partial charge in [0.2, 0.25) is 5.28 Å². The van der Waals surface area contributed by atoms with Crippen LogP contribution >= 0.6 is 22.9 Å². The fourth-order valence-corrected chi connectivity index (χ4v) is 4.12. The Morgan fingerprint density at radius 3 is 2.89 bits per heavy atom. The third kappa shape index (κ3) is 2.30. The lowest BCUT2D eigenvalue weighted by Gasteiger charge is -2.19. The van der Waals surface area contributed by atoms with E-state index in [2.05, 4.69) is 9.97 Å². The minimum absolute atomic E-state index is 0.103. The first-order valence-electron chi connectivity index (χ1n) is 6.50. The number of hydrogen-bond donors (Lipinski definition) is 1. The van der Waals surface area contributed by atoms with Gasteiger partial charge in [-0.25, -0.2) is 4.98 Å². The maximum absolute atomic E-state index is 9.11. The highest BCUT2D eigenvalue weighted by Crippen LogP contribution is 2.39. The summed E-state index contributed by atoms with van der Waals surface area (Å²) in [6.07, 6.45) is 4.71. The van der Waals surface area contributed by atoms with Gasteiger partial charge in [0.25, 0.3) is 0 Å². The predicted molar refractivity (Wildman–Crippen MR) is 79.4 cm³/mol. The molecule has 2 aromatic heterocycles. The number of likely N-dealkylation sites (N-methyl/N-ethyl adjacent to an activating group) is 1. The molecule has 1 aliphatic rings. The molecule has 0 amide bonds. The van der Waals surface area contributed by atoms with Gasteiger partial charge >= 0.3 is 0 Å². The van der Waals surface area contributed by atoms with E-state index in [4.69, 9.17) is 16.7 Å². The van der Waals surface area contributed by atoms with Crippen LogP contribution in [0.5, 0.6) is 0 Å². The molecule has 1 N–H and O–H groups in total. The largest absolute Gasteiger partial charge is 0.395 e. The SMILES string of the molecule is CN(CCO)c1nc(Cl)nc2sc3c(c12)CCCC3. The molecule has 0 atom stereocenters. The third-order valence-electron chi connectivity index (χ3n) is 3.57. The Bertz CT molecular complexity index is 613. The van der Waals surface area contributed by atoms with Crippen LogP contribution in [0.25, 0.3) is 10.2 Å². The molecule has 0 bridgehead atoms. The first-order chi connectivity index (χ1) is 9.20. The monoisotopic (exact) mass is 297 g/mol. The zero-order chi connectivity index (χ0) is 13.4. The maximum atomic E-state index is 9.11. The molecule has 19 heavy (non-hydrogen) atoms. The molecule has 0 spiro atoms. The van der Waals surface area contributed by atoms with Crippen molar-refractivity contribution >= 4 is 39.0 Å². The maximum Gasteiger partial charge on any atom is 0.225 e. The molecule has 0 aromatic carbocycles. The number of aromatic nitrogens is 2. The van der Waals surface area contributed by atoms with Gasteiger partial charge in [0.05, 0.1) is 12.0 Å². The van der Waals surface area contributed by atoms with E-state index in [9.17, 15) is 0 Å². The fraction of sp³-hybridized carbons (Fsp3) is 0.538. The molecule has 0 fully saturated rings. The Morgan fingerprint density at radius 2 is 2.11 bits per heavy atom. The molecular weight excluding hydrogens is 282 g/mol. The normalized spacial score (nSPS) is 14.7. The van der Waals surface area contributed by atoms with Gasteiger partial charge in [-0.15, -0.1) is 11.3 Å². The summed E-state index contributed by atoms with van der Waals surface area (Å²) in [6, 6.07) is 0. The molecule has 2 aromatic rings. The van der Waals surface area contributed by atoms with Crippen LogP contribution in [0.15, 0.2) is 0 Å². The van der Waals surface area contributed by atoms with E-state index in [0.717, 1.165) is 28.9 Å². The van der Waals surface area contributed by atoms with E-state index in [-0.39, 0.29) is 11.9 Å². The van der Waals surface area contributed by atoms with Crippen molar-refractivity contribution in [3.05, 3.63) is 15.7 Å². The van der Waals surface area contributed by atoms with Crippen molar-refractivity contribution in [3.63, 3.8) is 0 Å². The predicted octanol–water partition coefficient (Wildman–Crippen LogP) is 2.65. The Kier molecular flexibility index (Phi) is 3.60. The molecule has 6 heteroatoms. The number of nitrogens with zero attached hydrogens (tertiary/aromatic N) is 3. The van der Waals surface area contributed by atoms with E-state index in [1.165, 1.54) is 23.3 Å². The summed E-state index contributed by atoms with van der Waals surface area (Å²) < 4.78 is 0. The lowest BCUT2D eigenvalue weighted by molar-refractivity contribution is 0.304. The number of rotatable bonds is 3. The first-order valence-corrected chi connectivity index (χ1v) is 7.70. The van der Waals surface area contributed by atoms with Crippen LogP contribution in [-0.4, -0.2) is 35.3 Å². The Hall–Kier alpha value is -0.910. The van der Waals surface area contributed by atoms with Gasteiger partial charge in [0, 0.05) is 18.5 Å². The Balaban J connectivity index is 2.21. The highest BCUT2D eigenvalue weighted by Gasteiger charge is 2.22. The van der Waals surface area contributed by atoms with Gasteiger partial charge in [-0.2, -0.15) is 4.98 Å². The lowest BCUT2D eigenvalue weighted by atomic mass is 9.97. The molecule has 0 saturated heterocycles. The molecule has 102 valence electrons. The van der Waals surface area contributed by atoms with Crippen molar-refractivity contribution in [1.82, 2.24) is 9.97 Å². The van der Waals surface area contributed by atoms with Gasteiger partial charge < -0.3 is 10.0 Å². The van der Waals surface area contributed by atoms with Crippen molar-refractivity contribution in [2.75, 3.05) is 25.1 Å². The average Bonchev–Trinajstić information content (AvgIpc) is 2.75. The van der Waals surface area contributed by atoms with Crippen LogP contribution < -0.4 is 4.90 Å². The zero-order valence-corrected chi connectivity index (χ0v) is 12.4. The average molecular weight is 298 g/mol. The van der Waals surface area contributed by atoms with E-state index in [0.29, 0.717) is 6.54 Å². The Labute approximate surface area is 121 Å². The molecule has 4 nitrogen and oxygen atoms in total. The van der Waals surface area contributed by atoms with Crippen molar-refractivity contribution in [2.24, 2.45) is 0 Å². The second-order valence-corrected chi connectivity index (χ2v) is 6.27. The molecule has 3 rings (SSSR count). The summed E-state index contributed by atoms with van der Waals surface area (Å²) >= 11 is 7.77. The number of hydrogen-bond acceptors (Lipinski definition) is 5. The third-order valence-corrected chi connectivity index (χ3v) is 4.92. The molecule has 0 radical (unpaired) electrons. The van der Waals surface area contributed by atoms with E-state index in [1.807, 2.05) is 11.9 Å². The topological polar surface area (TPSA) is 49.2 Å². The number of thiophene rings is 1. The summed E-state index contributed by atoms with van der Waals surface area (Å²) in [7, 11) is 1.93. The molecular formula is C13H16ClN3OS. The van der Waals surface area contributed by atoms with Gasteiger partial charge in [-0.1, -0.05) is 0 Å². The second kappa shape index (κ2) is 5.23. The van der Waals surface area contributed by atoms with Crippen LogP contribution in [0.4, 0.5) is 5.82 Å². The quantitative estimate of drug-likeness (QED) is 0.885. The van der Waals surface area contributed by atoms with Crippen molar-refractivity contribution in [1.29, 1.82) is 0 Å². The second-order valence-electron chi connectivity index (χ2n) is 4.85. The summed E-state index contributed by atoms with van der Waals surface area (Å²) in [5, 5.41) is 10.5. The number of anilines is 1. The summed E-state index contributed by atoms with van der Waals surface area (Å²) in [5.74, 6) is 0.850. The first kappa shape index (κ1) is 13.1. The highest BCUT2D eigenvalue weighted by molar-refractivity contribution is 7.19. The van der Waals surface area contributed by atoms with Crippen molar-refractivity contribution in [3.8, 4) is 0 Å². The van der Waals surface area contributed by atoms with Gasteiger partial charge in [-0.3, -0.25) is 0 Å². The van der Waals surface area contributed by atoms with E-state index >= 15 is 0 Å². The minimum Gasteiger partial charge on any atom is -0.395 e. The lowest BCUT2D eigenvalue weighted by Crippen LogP contribution is -2.23. The summed E-state index contributed by atoms with van der Waals surface area (Å²) in [5.41, 5.74) is 1.39. The highest BCUT2D eigenvalue weighted by atomic mass is 35.5. The zero-order valence-electron chi connectivity index (χ0n) is 10.8. The number of aryl methyl sites for hydroxylation is 2. The molecule has 0 aliphatic heterocycles. The van der Waals surface area contributed by atoms with Gasteiger partial charge in [-0.05, 0) is 42.8 Å². The molecule has 0 saturated carbocycles. The smallest absolute Gasteiger partial charge is 0.225 e. The fourth-order valence-electron chi connectivity index (χ4n) is 2.65. The van der Waals surface area contributed by atoms with Crippen molar-refractivity contribution in [2.45, 2.75) is 25.7 Å². The van der Waals surface area contributed by atoms with E-state index < -0.39 is 0 Å². The molecule has 2 heterocycles. The van der Waals surface area contributed by atoms with Crippen LogP contribution in [0.3, 0.4) is 0 Å². The number of halogens is 1. The van der Waals surface area contributed by atoms with Crippen molar-refractivity contribution < 1.29 is 5.11 Å². The number of fused-ring (bicyclic) bond motifs is 3. The Morgan fingerprint density at radius 1 is 1.32 bits per heavy atom. The standard InChI is InChI=1S/C13H16ClN3OS/c1-17(6-7-18)11-10-8-4-2-3-5-9(8)19-12(10)16-13(14)15-11/h18H,2-7H2,1H3. The van der Waals surface area contributed by atoms with Crippen LogP contribution in [0.1, 0.15) is 23.3 Å². The van der Waals surface area contributed by atoms with Crippen LogP contribution in [0, 0.1) is 0 Å². The summed E-state index contributed by atoms with van der Waals surface area (Å²) in [6.45, 7) is 0.652. The van der Waals surface area contributed by atoms with Crippen LogP contribution in [-0.2, 0) is 12.8 Å². The molecule has 0 unspecified atom stereocenters. The van der Waals surface area contributed by atoms with Crippen LogP contribution in [0.2, 0.25) is 5.28 Å².